The van der Waals surface area contributed by atoms with Crippen molar-refractivity contribution in [3.8, 4) is 0 Å². The van der Waals surface area contributed by atoms with Crippen LogP contribution in [0.25, 0.3) is 5.57 Å². The van der Waals surface area contributed by atoms with E-state index in [9.17, 15) is 0 Å². The fourth-order valence-electron chi connectivity index (χ4n) is 2.69. The van der Waals surface area contributed by atoms with Crippen molar-refractivity contribution in [1.29, 1.82) is 0 Å². The van der Waals surface area contributed by atoms with Crippen molar-refractivity contribution < 1.29 is 4.74 Å². The Morgan fingerprint density at radius 2 is 2.28 bits per heavy atom. The van der Waals surface area contributed by atoms with Gasteiger partial charge in [-0.15, -0.1) is 0 Å². The van der Waals surface area contributed by atoms with E-state index in [-0.39, 0.29) is 0 Å². The summed E-state index contributed by atoms with van der Waals surface area (Å²) in [7, 11) is 1.88. The monoisotopic (exact) mass is 340 g/mol. The van der Waals surface area contributed by atoms with Gasteiger partial charge < -0.3 is 15.8 Å². The zero-order valence-electron chi connectivity index (χ0n) is 14.9. The van der Waals surface area contributed by atoms with E-state index in [1.165, 1.54) is 0 Å². The van der Waals surface area contributed by atoms with Gasteiger partial charge in [0.2, 0.25) is 0 Å². The molecule has 0 bridgehead atoms. The van der Waals surface area contributed by atoms with Crippen LogP contribution in [0.4, 0.5) is 0 Å². The van der Waals surface area contributed by atoms with Gasteiger partial charge in [0.25, 0.3) is 0 Å². The smallest absolute Gasteiger partial charge is 0.149 e. The topological polar surface area (TPSA) is 89.8 Å². The van der Waals surface area contributed by atoms with Crippen LogP contribution in [0.2, 0.25) is 0 Å². The molecule has 7 nitrogen and oxygen atoms in total. The van der Waals surface area contributed by atoms with Gasteiger partial charge in [-0.3, -0.25) is 4.68 Å². The number of nitrogens with one attached hydrogen (secondary N) is 1. The predicted octanol–water partition coefficient (Wildman–Crippen LogP) is 2.02. The number of hydrogen-bond acceptors (Lipinski definition) is 6. The fourth-order valence-corrected chi connectivity index (χ4v) is 2.69. The molecule has 0 aliphatic carbocycles. The number of hydrogen-bond donors (Lipinski definition) is 2. The van der Waals surface area contributed by atoms with E-state index >= 15 is 0 Å². The van der Waals surface area contributed by atoms with E-state index in [4.69, 9.17) is 15.5 Å². The second-order valence-electron chi connectivity index (χ2n) is 6.07. The summed E-state index contributed by atoms with van der Waals surface area (Å²) in [5.41, 5.74) is 11.2. The zero-order valence-corrected chi connectivity index (χ0v) is 14.9. The van der Waals surface area contributed by atoms with Crippen molar-refractivity contribution >= 4 is 17.1 Å². The molecular weight excluding hydrogens is 316 g/mol. The third kappa shape index (κ3) is 3.28. The molecule has 0 atom stereocenters. The zero-order chi connectivity index (χ0) is 18.0. The molecule has 132 valence electrons. The molecule has 1 aromatic heterocycles. The van der Waals surface area contributed by atoms with Crippen molar-refractivity contribution in [2.45, 2.75) is 26.3 Å². The SMILES string of the molecule is C=C1C(c2cnn(C3COC3)c2)=CN=C(N)C1=N/C(CC)=C(\C)NC. The first-order valence-corrected chi connectivity index (χ1v) is 8.37. The summed E-state index contributed by atoms with van der Waals surface area (Å²) in [6, 6.07) is 0.306. The highest BCUT2D eigenvalue weighted by molar-refractivity contribution is 6.51. The molecule has 7 heteroatoms. The number of allylic oxidation sites excluding steroid dienone is 3. The molecule has 0 radical (unpaired) electrons. The van der Waals surface area contributed by atoms with Gasteiger partial charge in [0.1, 0.15) is 11.5 Å². The first-order valence-electron chi connectivity index (χ1n) is 8.37. The minimum absolute atomic E-state index is 0.306. The quantitative estimate of drug-likeness (QED) is 0.858. The summed E-state index contributed by atoms with van der Waals surface area (Å²) in [6.45, 7) is 9.65. The molecule has 2 aliphatic rings. The van der Waals surface area contributed by atoms with E-state index in [1.54, 1.807) is 6.20 Å². The maximum Gasteiger partial charge on any atom is 0.149 e. The summed E-state index contributed by atoms with van der Waals surface area (Å²) in [5.74, 6) is 0.378. The first kappa shape index (κ1) is 17.2. The van der Waals surface area contributed by atoms with Gasteiger partial charge in [-0.05, 0) is 13.3 Å². The Hall–Kier alpha value is -2.67. The number of aromatic nitrogens is 2. The highest BCUT2D eigenvalue weighted by Crippen LogP contribution is 2.28. The molecule has 1 saturated heterocycles. The van der Waals surface area contributed by atoms with Crippen LogP contribution in [0, 0.1) is 0 Å². The molecule has 3 rings (SSSR count). The molecule has 0 saturated carbocycles. The number of rotatable bonds is 5. The Balaban J connectivity index is 1.93. The normalized spacial score (nSPS) is 20.8. The summed E-state index contributed by atoms with van der Waals surface area (Å²) >= 11 is 0. The van der Waals surface area contributed by atoms with Crippen molar-refractivity contribution in [3.05, 3.63) is 47.7 Å². The minimum atomic E-state index is 0.306. The molecule has 0 spiro atoms. The third-order valence-electron chi connectivity index (χ3n) is 4.48. The van der Waals surface area contributed by atoms with Crippen LogP contribution in [-0.2, 0) is 4.74 Å². The molecule has 0 unspecified atom stereocenters. The summed E-state index contributed by atoms with van der Waals surface area (Å²) in [6.07, 6.45) is 6.33. The predicted molar refractivity (Wildman–Crippen MR) is 100 cm³/mol. The average Bonchev–Trinajstić information content (AvgIpc) is 3.01. The van der Waals surface area contributed by atoms with Gasteiger partial charge in [-0.25, -0.2) is 9.98 Å². The van der Waals surface area contributed by atoms with Gasteiger partial charge in [-0.2, -0.15) is 5.10 Å². The van der Waals surface area contributed by atoms with Gasteiger partial charge in [0.15, 0.2) is 0 Å². The number of ether oxygens (including phenoxy) is 1. The Morgan fingerprint density at radius 1 is 1.52 bits per heavy atom. The molecule has 1 fully saturated rings. The molecule has 3 N–H and O–H groups in total. The largest absolute Gasteiger partial charge is 0.390 e. The molecule has 0 amide bonds. The lowest BCUT2D eigenvalue weighted by Gasteiger charge is -2.26. The number of amidine groups is 1. The van der Waals surface area contributed by atoms with Crippen molar-refractivity contribution in [1.82, 2.24) is 15.1 Å². The van der Waals surface area contributed by atoms with Crippen molar-refractivity contribution in [2.75, 3.05) is 20.3 Å². The van der Waals surface area contributed by atoms with E-state index in [1.807, 2.05) is 31.0 Å². The maximum absolute atomic E-state index is 6.07. The van der Waals surface area contributed by atoms with Crippen LogP contribution in [0.1, 0.15) is 31.9 Å². The molecule has 2 aliphatic heterocycles. The van der Waals surface area contributed by atoms with Gasteiger partial charge in [0.05, 0.1) is 31.1 Å². The fraction of sp³-hybridized carbons (Fsp3) is 0.389. The third-order valence-corrected chi connectivity index (χ3v) is 4.48. The lowest BCUT2D eigenvalue weighted by Crippen LogP contribution is -2.30. The second-order valence-corrected chi connectivity index (χ2v) is 6.07. The number of nitrogens with two attached hydrogens (primary N) is 1. The highest BCUT2D eigenvalue weighted by atomic mass is 16.5. The standard InChI is InChI=1S/C18H24N6O/c1-5-16(12(3)20-4)23-17-11(2)15(7-21-18(17)19)13-6-22-24(8-13)14-9-25-10-14/h6-8,14,20H,2,5,9-10H2,1,3-4H3,(H2,19,21)/b16-12+,23-17?. The van der Waals surface area contributed by atoms with Crippen LogP contribution in [-0.4, -0.2) is 41.6 Å². The molecule has 1 aromatic rings. The van der Waals surface area contributed by atoms with Gasteiger partial charge >= 0.3 is 0 Å². The van der Waals surface area contributed by atoms with Crippen molar-refractivity contribution in [2.24, 2.45) is 15.7 Å². The van der Waals surface area contributed by atoms with Crippen LogP contribution in [0.3, 0.4) is 0 Å². The Morgan fingerprint density at radius 3 is 2.88 bits per heavy atom. The number of nitrogens with zero attached hydrogens (tertiary/aromatic N) is 4. The van der Waals surface area contributed by atoms with E-state index in [0.29, 0.717) is 30.8 Å². The minimum Gasteiger partial charge on any atom is -0.390 e. The lowest BCUT2D eigenvalue weighted by atomic mass is 9.96. The van der Waals surface area contributed by atoms with Crippen LogP contribution < -0.4 is 11.1 Å². The van der Waals surface area contributed by atoms with Crippen molar-refractivity contribution in [3.63, 3.8) is 0 Å². The van der Waals surface area contributed by atoms with E-state index < -0.39 is 0 Å². The average molecular weight is 340 g/mol. The maximum atomic E-state index is 6.07. The molecule has 25 heavy (non-hydrogen) atoms. The summed E-state index contributed by atoms with van der Waals surface area (Å²) in [5, 5.41) is 7.56. The van der Waals surface area contributed by atoms with E-state index in [0.717, 1.165) is 34.5 Å². The lowest BCUT2D eigenvalue weighted by molar-refractivity contribution is -0.0286. The highest BCUT2D eigenvalue weighted by Gasteiger charge is 2.24. The first-order chi connectivity index (χ1) is 12.0. The summed E-state index contributed by atoms with van der Waals surface area (Å²) in [4.78, 5) is 9.04. The van der Waals surface area contributed by atoms with Gasteiger partial charge in [-0.1, -0.05) is 13.5 Å². The summed E-state index contributed by atoms with van der Waals surface area (Å²) < 4.78 is 7.15. The van der Waals surface area contributed by atoms with Crippen LogP contribution in [0.5, 0.6) is 0 Å². The molecular formula is C18H24N6O. The number of aliphatic imine (C=N–C) groups is 2. The molecule has 0 aromatic carbocycles. The van der Waals surface area contributed by atoms with Crippen LogP contribution >= 0.6 is 0 Å². The molecule has 3 heterocycles. The second kappa shape index (κ2) is 7.06. The Labute approximate surface area is 147 Å². The Kier molecular flexibility index (Phi) is 4.85. The van der Waals surface area contributed by atoms with Gasteiger partial charge in [0, 0.05) is 41.9 Å². The van der Waals surface area contributed by atoms with E-state index in [2.05, 4.69) is 28.9 Å². The Bertz CT molecular complexity index is 807. The van der Waals surface area contributed by atoms with Crippen LogP contribution in [0.15, 0.2) is 52.1 Å².